The number of esters is 1. The Kier molecular flexibility index (Phi) is 10.5. The molecule has 9 nitrogen and oxygen atoms in total. The Labute approximate surface area is 245 Å². The lowest BCUT2D eigenvalue weighted by atomic mass is 9.93. The first-order valence-electron chi connectivity index (χ1n) is 13.6. The first kappa shape index (κ1) is 30.2. The van der Waals surface area contributed by atoms with E-state index in [9.17, 15) is 9.59 Å². The summed E-state index contributed by atoms with van der Waals surface area (Å²) in [5.74, 6) is 0.642. The van der Waals surface area contributed by atoms with Crippen molar-refractivity contribution in [2.75, 3.05) is 40.5 Å². The van der Waals surface area contributed by atoms with Gasteiger partial charge in [0.05, 0.1) is 37.4 Å². The third-order valence-corrected chi connectivity index (χ3v) is 7.82. The maximum atomic E-state index is 13.5. The molecule has 0 aromatic heterocycles. The molecule has 0 bridgehead atoms. The zero-order valence-corrected chi connectivity index (χ0v) is 25.0. The number of carbonyl (C=O) groups excluding carboxylic acids is 2. The van der Waals surface area contributed by atoms with Crippen LogP contribution in [0.4, 0.5) is 0 Å². The number of benzene rings is 2. The quantitative estimate of drug-likeness (QED) is 0.233. The minimum atomic E-state index is -0.583. The van der Waals surface area contributed by atoms with Crippen LogP contribution in [0.15, 0.2) is 75.9 Å². The molecule has 0 spiro atoms. The Morgan fingerprint density at radius 2 is 1.78 bits per heavy atom. The van der Waals surface area contributed by atoms with Gasteiger partial charge in [0.15, 0.2) is 16.7 Å². The van der Waals surface area contributed by atoms with Crippen molar-refractivity contribution in [1.29, 1.82) is 0 Å². The van der Waals surface area contributed by atoms with E-state index >= 15 is 0 Å². The molecule has 1 atom stereocenters. The second kappa shape index (κ2) is 14.2. The molecule has 0 saturated heterocycles. The number of hydrogen-bond donors (Lipinski definition) is 0. The van der Waals surface area contributed by atoms with Gasteiger partial charge in [-0.3, -0.25) is 4.79 Å². The number of ether oxygens (including phenoxy) is 4. The van der Waals surface area contributed by atoms with E-state index in [0.717, 1.165) is 16.8 Å². The second-order valence-electron chi connectivity index (χ2n) is 9.45. The summed E-state index contributed by atoms with van der Waals surface area (Å²) in [7, 11) is 3.14. The number of methoxy groups -OCH3 is 2. The van der Waals surface area contributed by atoms with Crippen molar-refractivity contribution in [2.24, 2.45) is 4.99 Å². The van der Waals surface area contributed by atoms with Crippen molar-refractivity contribution in [2.45, 2.75) is 39.8 Å². The van der Waals surface area contributed by atoms with Crippen LogP contribution in [0, 0.1) is 0 Å². The van der Waals surface area contributed by atoms with Crippen LogP contribution in [0.5, 0.6) is 11.5 Å². The first-order chi connectivity index (χ1) is 19.9. The summed E-state index contributed by atoms with van der Waals surface area (Å²) in [6.07, 6.45) is 0.185. The molecule has 2 aromatic carbocycles. The van der Waals surface area contributed by atoms with Gasteiger partial charge in [-0.15, -0.1) is 0 Å². The molecular weight excluding hydrogens is 542 g/mol. The van der Waals surface area contributed by atoms with Gasteiger partial charge in [-0.25, -0.2) is 9.79 Å². The lowest BCUT2D eigenvalue weighted by Gasteiger charge is -2.36. The highest BCUT2D eigenvalue weighted by Crippen LogP contribution is 2.46. The van der Waals surface area contributed by atoms with Crippen molar-refractivity contribution >= 4 is 28.8 Å². The van der Waals surface area contributed by atoms with Gasteiger partial charge in [0.2, 0.25) is 5.91 Å². The number of aliphatic imine (C=N–C) groups is 1. The van der Waals surface area contributed by atoms with E-state index in [1.54, 1.807) is 26.0 Å². The van der Waals surface area contributed by atoms with Crippen LogP contribution in [0.25, 0.3) is 0 Å². The summed E-state index contributed by atoms with van der Waals surface area (Å²) in [4.78, 5) is 35.1. The molecular formula is C31H37N3O6S. The lowest BCUT2D eigenvalue weighted by Crippen LogP contribution is -2.39. The smallest absolute Gasteiger partial charge is 0.338 e. The van der Waals surface area contributed by atoms with Gasteiger partial charge >= 0.3 is 5.97 Å². The van der Waals surface area contributed by atoms with E-state index in [1.807, 2.05) is 72.7 Å². The molecule has 0 aliphatic carbocycles. The van der Waals surface area contributed by atoms with Crippen LogP contribution < -0.4 is 9.47 Å². The molecule has 0 radical (unpaired) electrons. The van der Waals surface area contributed by atoms with Gasteiger partial charge in [0.25, 0.3) is 0 Å². The van der Waals surface area contributed by atoms with E-state index in [1.165, 1.54) is 11.8 Å². The molecule has 1 amide bonds. The maximum absolute atomic E-state index is 13.5. The third kappa shape index (κ3) is 6.94. The van der Waals surface area contributed by atoms with Crippen molar-refractivity contribution in [3.8, 4) is 11.5 Å². The fourth-order valence-corrected chi connectivity index (χ4v) is 5.76. The molecule has 2 heterocycles. The number of carbonyl (C=O) groups is 2. The Bertz CT molecular complexity index is 1340. The van der Waals surface area contributed by atoms with Crippen LogP contribution in [0.3, 0.4) is 0 Å². The molecule has 2 aromatic rings. The minimum Gasteiger partial charge on any atom is -0.493 e. The second-order valence-corrected chi connectivity index (χ2v) is 10.3. The standard InChI is InChI=1S/C31H37N3O6S/c1-6-33(7-2)27(35)18-24-20-41-31-32-21(3)28(30(36)39-16-15-37-4)29(34(24)31)23-13-14-25(26(17-23)38-5)40-19-22-11-9-8-10-12-22/h8-14,17,20,29H,6-7,15-16,18-19H2,1-5H3. The minimum absolute atomic E-state index is 0.0135. The van der Waals surface area contributed by atoms with Crippen LogP contribution in [0.2, 0.25) is 0 Å². The number of rotatable bonds is 13. The van der Waals surface area contributed by atoms with Gasteiger partial charge in [-0.1, -0.05) is 48.2 Å². The number of allylic oxidation sites excluding steroid dienone is 1. The monoisotopic (exact) mass is 579 g/mol. The summed E-state index contributed by atoms with van der Waals surface area (Å²) >= 11 is 1.44. The maximum Gasteiger partial charge on any atom is 0.338 e. The molecule has 218 valence electrons. The zero-order valence-electron chi connectivity index (χ0n) is 24.2. The van der Waals surface area contributed by atoms with Gasteiger partial charge in [0, 0.05) is 25.9 Å². The van der Waals surface area contributed by atoms with Crippen molar-refractivity contribution in [3.05, 3.63) is 82.0 Å². The number of fused-ring (bicyclic) bond motifs is 1. The highest BCUT2D eigenvalue weighted by atomic mass is 32.2. The predicted octanol–water partition coefficient (Wildman–Crippen LogP) is 5.30. The van der Waals surface area contributed by atoms with Crippen molar-refractivity contribution in [3.63, 3.8) is 0 Å². The predicted molar refractivity (Wildman–Crippen MR) is 160 cm³/mol. The van der Waals surface area contributed by atoms with Crippen LogP contribution in [0.1, 0.15) is 44.4 Å². The molecule has 0 fully saturated rings. The number of hydrogen-bond acceptors (Lipinski definition) is 9. The normalized spacial score (nSPS) is 16.1. The van der Waals surface area contributed by atoms with Gasteiger partial charge in [0.1, 0.15) is 13.2 Å². The summed E-state index contributed by atoms with van der Waals surface area (Å²) in [5.41, 5.74) is 3.54. The van der Waals surface area contributed by atoms with Crippen LogP contribution in [-0.4, -0.2) is 67.4 Å². The molecule has 0 N–H and O–H groups in total. The number of nitrogens with zero attached hydrogens (tertiary/aromatic N) is 3. The van der Waals surface area contributed by atoms with E-state index < -0.39 is 12.0 Å². The average Bonchev–Trinajstić information content (AvgIpc) is 3.38. The summed E-state index contributed by atoms with van der Waals surface area (Å²) in [6, 6.07) is 14.9. The van der Waals surface area contributed by atoms with Crippen LogP contribution in [-0.2, 0) is 25.7 Å². The largest absolute Gasteiger partial charge is 0.493 e. The number of thioether (sulfide) groups is 1. The SMILES string of the molecule is CCN(CC)C(=O)CC1=CSC2=NC(C)=C(C(=O)OCCOC)C(c3ccc(OCc4ccccc4)c(OC)c3)N12. The fraction of sp³-hybridized carbons (Fsp3) is 0.387. The Morgan fingerprint density at radius 3 is 2.46 bits per heavy atom. The Balaban J connectivity index is 1.71. The van der Waals surface area contributed by atoms with Crippen LogP contribution >= 0.6 is 11.8 Å². The molecule has 10 heteroatoms. The summed E-state index contributed by atoms with van der Waals surface area (Å²) < 4.78 is 22.5. The fourth-order valence-electron chi connectivity index (χ4n) is 4.79. The van der Waals surface area contributed by atoms with Crippen molar-refractivity contribution in [1.82, 2.24) is 9.80 Å². The van der Waals surface area contributed by atoms with Gasteiger partial charge in [-0.05, 0) is 49.4 Å². The van der Waals surface area contributed by atoms with Gasteiger partial charge < -0.3 is 28.7 Å². The molecule has 41 heavy (non-hydrogen) atoms. The molecule has 4 rings (SSSR count). The van der Waals surface area contributed by atoms with E-state index in [-0.39, 0.29) is 25.5 Å². The lowest BCUT2D eigenvalue weighted by molar-refractivity contribution is -0.141. The zero-order chi connectivity index (χ0) is 29.4. The highest BCUT2D eigenvalue weighted by Gasteiger charge is 2.41. The van der Waals surface area contributed by atoms with Crippen molar-refractivity contribution < 1.29 is 28.5 Å². The summed E-state index contributed by atoms with van der Waals surface area (Å²) in [5, 5.41) is 2.64. The highest BCUT2D eigenvalue weighted by molar-refractivity contribution is 8.16. The Hall–Kier alpha value is -3.76. The molecule has 2 aliphatic rings. The molecule has 1 unspecified atom stereocenters. The summed E-state index contributed by atoms with van der Waals surface area (Å²) in [6.45, 7) is 7.75. The molecule has 2 aliphatic heterocycles. The number of amidine groups is 1. The topological polar surface area (TPSA) is 89.9 Å². The number of amides is 1. The first-order valence-corrected chi connectivity index (χ1v) is 14.5. The third-order valence-electron chi connectivity index (χ3n) is 6.93. The van der Waals surface area contributed by atoms with E-state index in [2.05, 4.69) is 0 Å². The average molecular weight is 580 g/mol. The molecule has 0 saturated carbocycles. The van der Waals surface area contributed by atoms with E-state index in [0.29, 0.717) is 47.6 Å². The van der Waals surface area contributed by atoms with E-state index in [4.69, 9.17) is 23.9 Å². The van der Waals surface area contributed by atoms with Gasteiger partial charge in [-0.2, -0.15) is 0 Å². The Morgan fingerprint density at radius 1 is 1.02 bits per heavy atom.